The molecule has 0 aromatic heterocycles. The summed E-state index contributed by atoms with van der Waals surface area (Å²) in [4.78, 5) is 37.7. The predicted octanol–water partition coefficient (Wildman–Crippen LogP) is 17.8. The molecule has 0 N–H and O–H groups in total. The van der Waals surface area contributed by atoms with E-state index in [1.165, 1.54) is 116 Å². The molecule has 0 radical (unpaired) electrons. The fraction of sp³-hybridized carbons (Fsp3) is 0.741. The van der Waals surface area contributed by atoms with E-state index in [-0.39, 0.29) is 31.1 Å². The van der Waals surface area contributed by atoms with Crippen LogP contribution >= 0.6 is 0 Å². The first kappa shape index (κ1) is 60.9. The summed E-state index contributed by atoms with van der Waals surface area (Å²) in [5.41, 5.74) is 0. The summed E-state index contributed by atoms with van der Waals surface area (Å²) in [6, 6.07) is 0. The molecule has 0 aromatic rings. The zero-order chi connectivity index (χ0) is 46.5. The molecule has 0 rings (SSSR count). The Morgan fingerprint density at radius 1 is 0.328 bits per heavy atom. The van der Waals surface area contributed by atoms with Gasteiger partial charge in [-0.1, -0.05) is 229 Å². The molecule has 1 atom stereocenters. The number of ether oxygens (including phenoxy) is 3. The van der Waals surface area contributed by atoms with Crippen LogP contribution in [0.5, 0.6) is 0 Å². The first-order valence-electron chi connectivity index (χ1n) is 26.9. The molecule has 0 bridgehead atoms. The molecular formula is C58H100O6. The van der Waals surface area contributed by atoms with Gasteiger partial charge in [0.25, 0.3) is 0 Å². The zero-order valence-electron chi connectivity index (χ0n) is 42.0. The predicted molar refractivity (Wildman–Crippen MR) is 274 cm³/mol. The molecule has 0 saturated carbocycles. The van der Waals surface area contributed by atoms with E-state index in [4.69, 9.17) is 14.2 Å². The molecular weight excluding hydrogens is 793 g/mol. The molecule has 0 fully saturated rings. The number of carbonyl (C=O) groups is 3. The van der Waals surface area contributed by atoms with Gasteiger partial charge in [-0.3, -0.25) is 14.4 Å². The van der Waals surface area contributed by atoms with Gasteiger partial charge in [-0.2, -0.15) is 0 Å². The molecule has 0 spiro atoms. The van der Waals surface area contributed by atoms with E-state index in [1.807, 2.05) is 0 Å². The van der Waals surface area contributed by atoms with Gasteiger partial charge in [0.2, 0.25) is 0 Å². The summed E-state index contributed by atoms with van der Waals surface area (Å²) in [5, 5.41) is 0. The number of allylic oxidation sites excluding steroid dienone is 12. The molecule has 0 aliphatic rings. The largest absolute Gasteiger partial charge is 0.462 e. The van der Waals surface area contributed by atoms with Crippen LogP contribution in [0.2, 0.25) is 0 Å². The third-order valence-corrected chi connectivity index (χ3v) is 11.4. The second-order valence-corrected chi connectivity index (χ2v) is 17.8. The van der Waals surface area contributed by atoms with Crippen LogP contribution in [0.25, 0.3) is 0 Å². The third-order valence-electron chi connectivity index (χ3n) is 11.4. The van der Waals surface area contributed by atoms with Crippen LogP contribution in [0.1, 0.15) is 258 Å². The Kier molecular flexibility index (Phi) is 49.9. The Hall–Kier alpha value is -3.15. The van der Waals surface area contributed by atoms with Crippen LogP contribution < -0.4 is 0 Å². The first-order valence-corrected chi connectivity index (χ1v) is 26.9. The van der Waals surface area contributed by atoms with Crippen molar-refractivity contribution >= 4 is 17.9 Å². The van der Waals surface area contributed by atoms with Crippen molar-refractivity contribution in [2.45, 2.75) is 264 Å². The van der Waals surface area contributed by atoms with Crippen LogP contribution in [0.3, 0.4) is 0 Å². The molecule has 6 heteroatoms. The average Bonchev–Trinajstić information content (AvgIpc) is 3.29. The van der Waals surface area contributed by atoms with Crippen molar-refractivity contribution in [2.24, 2.45) is 0 Å². The molecule has 0 aromatic carbocycles. The maximum absolute atomic E-state index is 12.7. The normalized spacial score (nSPS) is 12.6. The quantitative estimate of drug-likeness (QED) is 0.0262. The summed E-state index contributed by atoms with van der Waals surface area (Å²) in [5.74, 6) is -0.896. The highest BCUT2D eigenvalue weighted by Gasteiger charge is 2.19. The highest BCUT2D eigenvalue weighted by Crippen LogP contribution is 2.15. The Labute approximate surface area is 395 Å². The van der Waals surface area contributed by atoms with Crippen molar-refractivity contribution in [1.82, 2.24) is 0 Å². The average molecular weight is 893 g/mol. The maximum atomic E-state index is 12.7. The molecule has 0 aliphatic carbocycles. The molecule has 368 valence electrons. The second kappa shape index (κ2) is 52.5. The number of hydrogen-bond donors (Lipinski definition) is 0. The van der Waals surface area contributed by atoms with Gasteiger partial charge in [0.05, 0.1) is 0 Å². The summed E-state index contributed by atoms with van der Waals surface area (Å²) in [6.45, 7) is 6.42. The number of carbonyl (C=O) groups excluding carboxylic acids is 3. The Bertz CT molecular complexity index is 1210. The summed E-state index contributed by atoms with van der Waals surface area (Å²) < 4.78 is 16.7. The molecule has 0 heterocycles. The van der Waals surface area contributed by atoms with Gasteiger partial charge in [-0.15, -0.1) is 0 Å². The van der Waals surface area contributed by atoms with Gasteiger partial charge >= 0.3 is 17.9 Å². The number of rotatable bonds is 48. The second-order valence-electron chi connectivity index (χ2n) is 17.8. The van der Waals surface area contributed by atoms with Crippen LogP contribution in [0.15, 0.2) is 72.9 Å². The smallest absolute Gasteiger partial charge is 0.306 e. The lowest BCUT2D eigenvalue weighted by Crippen LogP contribution is -2.30. The van der Waals surface area contributed by atoms with E-state index in [0.717, 1.165) is 103 Å². The van der Waals surface area contributed by atoms with Crippen molar-refractivity contribution < 1.29 is 28.6 Å². The SMILES string of the molecule is CC/C=C\C/C=C\C/C=C\C/C=C\C/C=C\CCCCCCCCCCCCCCCC(=O)OCC(COC(=O)CCCCCCCC)OC(=O)CCCCCCC/C=C\CCCC. The fourth-order valence-electron chi connectivity index (χ4n) is 7.39. The monoisotopic (exact) mass is 893 g/mol. The highest BCUT2D eigenvalue weighted by molar-refractivity contribution is 5.71. The highest BCUT2D eigenvalue weighted by atomic mass is 16.6. The van der Waals surface area contributed by atoms with E-state index in [0.29, 0.717) is 19.3 Å². The number of esters is 3. The standard InChI is InChI=1S/C58H100O6/c1-4-7-10-13-16-18-20-21-22-23-24-25-26-27-28-29-30-31-32-33-34-35-36-37-39-40-42-45-48-51-57(60)63-54-55(53-62-56(59)50-47-44-15-12-9-6-3)64-58(61)52-49-46-43-41-38-19-17-14-11-8-5-2/h7,10,14,16-18,21-22,24-25,27-28,55H,4-6,8-9,11-13,15,19-20,23,26,29-54H2,1-3H3/b10-7-,17-14-,18-16-,22-21-,25-24-,28-27-. The summed E-state index contributed by atoms with van der Waals surface area (Å²) >= 11 is 0. The van der Waals surface area contributed by atoms with Gasteiger partial charge in [-0.05, 0) is 83.5 Å². The Balaban J connectivity index is 4.02. The Morgan fingerprint density at radius 2 is 0.625 bits per heavy atom. The molecule has 0 aliphatic heterocycles. The minimum Gasteiger partial charge on any atom is -0.462 e. The van der Waals surface area contributed by atoms with Crippen molar-refractivity contribution in [1.29, 1.82) is 0 Å². The minimum absolute atomic E-state index is 0.0775. The molecule has 64 heavy (non-hydrogen) atoms. The van der Waals surface area contributed by atoms with E-state index in [9.17, 15) is 14.4 Å². The van der Waals surface area contributed by atoms with Crippen LogP contribution in [0, 0.1) is 0 Å². The van der Waals surface area contributed by atoms with Crippen molar-refractivity contribution in [3.05, 3.63) is 72.9 Å². The summed E-state index contributed by atoms with van der Waals surface area (Å²) in [7, 11) is 0. The lowest BCUT2D eigenvalue weighted by atomic mass is 10.0. The van der Waals surface area contributed by atoms with Crippen LogP contribution in [-0.4, -0.2) is 37.2 Å². The topological polar surface area (TPSA) is 78.9 Å². The first-order chi connectivity index (χ1) is 31.5. The molecule has 1 unspecified atom stereocenters. The summed E-state index contributed by atoms with van der Waals surface area (Å²) in [6.07, 6.45) is 66.5. The van der Waals surface area contributed by atoms with Gasteiger partial charge in [-0.25, -0.2) is 0 Å². The van der Waals surface area contributed by atoms with Crippen LogP contribution in [0.4, 0.5) is 0 Å². The van der Waals surface area contributed by atoms with E-state index in [2.05, 4.69) is 93.7 Å². The van der Waals surface area contributed by atoms with E-state index < -0.39 is 6.10 Å². The van der Waals surface area contributed by atoms with Gasteiger partial charge in [0, 0.05) is 19.3 Å². The van der Waals surface area contributed by atoms with E-state index >= 15 is 0 Å². The van der Waals surface area contributed by atoms with Gasteiger partial charge in [0.15, 0.2) is 6.10 Å². The third kappa shape index (κ3) is 49.9. The lowest BCUT2D eigenvalue weighted by molar-refractivity contribution is -0.167. The van der Waals surface area contributed by atoms with Crippen molar-refractivity contribution in [3.8, 4) is 0 Å². The van der Waals surface area contributed by atoms with Crippen molar-refractivity contribution in [3.63, 3.8) is 0 Å². The van der Waals surface area contributed by atoms with Gasteiger partial charge < -0.3 is 14.2 Å². The Morgan fingerprint density at radius 3 is 1.02 bits per heavy atom. The van der Waals surface area contributed by atoms with Crippen molar-refractivity contribution in [2.75, 3.05) is 13.2 Å². The fourth-order valence-corrected chi connectivity index (χ4v) is 7.39. The lowest BCUT2D eigenvalue weighted by Gasteiger charge is -2.18. The van der Waals surface area contributed by atoms with E-state index in [1.54, 1.807) is 0 Å². The molecule has 0 amide bonds. The number of hydrogen-bond acceptors (Lipinski definition) is 6. The minimum atomic E-state index is -0.773. The maximum Gasteiger partial charge on any atom is 0.306 e. The number of unbranched alkanes of at least 4 members (excludes halogenated alkanes) is 25. The molecule has 6 nitrogen and oxygen atoms in total. The molecule has 0 saturated heterocycles. The zero-order valence-corrected chi connectivity index (χ0v) is 42.0. The van der Waals surface area contributed by atoms with Crippen LogP contribution in [-0.2, 0) is 28.6 Å². The van der Waals surface area contributed by atoms with Gasteiger partial charge in [0.1, 0.15) is 13.2 Å².